The quantitative estimate of drug-likeness (QED) is 0.684. The number of aliphatic carboxylic acids is 1. The van der Waals surface area contributed by atoms with Crippen LogP contribution in [0.3, 0.4) is 0 Å². The number of carbonyl (C=O) groups excluding carboxylic acids is 2. The largest absolute Gasteiger partial charge is 0.480 e. The normalized spacial score (nSPS) is 20.2. The van der Waals surface area contributed by atoms with Gasteiger partial charge in [0, 0.05) is 31.6 Å². The molecular formula is C26H29N3O5. The fraction of sp³-hybridized carbons (Fsp3) is 0.423. The molecule has 0 saturated carbocycles. The highest BCUT2D eigenvalue weighted by Gasteiger charge is 2.38. The SMILES string of the molecule is O=C(NC1CCN(CC(=O)N2CCC2C(=O)O)CC1)OCC1c2ccccc2-c2ccccc21. The second-order valence-electron chi connectivity index (χ2n) is 9.25. The van der Waals surface area contributed by atoms with Crippen LogP contribution in [0.25, 0.3) is 11.1 Å². The minimum atomic E-state index is -0.939. The number of nitrogens with zero attached hydrogens (tertiary/aromatic N) is 2. The summed E-state index contributed by atoms with van der Waals surface area (Å²) < 4.78 is 5.64. The lowest BCUT2D eigenvalue weighted by atomic mass is 9.98. The van der Waals surface area contributed by atoms with Crippen LogP contribution in [0, 0.1) is 0 Å². The maximum absolute atomic E-state index is 12.5. The lowest BCUT2D eigenvalue weighted by molar-refractivity contribution is -0.157. The summed E-state index contributed by atoms with van der Waals surface area (Å²) in [5.41, 5.74) is 4.76. The molecular weight excluding hydrogens is 434 g/mol. The van der Waals surface area contributed by atoms with Crippen molar-refractivity contribution in [2.24, 2.45) is 0 Å². The van der Waals surface area contributed by atoms with E-state index in [1.165, 1.54) is 27.2 Å². The number of fused-ring (bicyclic) bond motifs is 3. The van der Waals surface area contributed by atoms with Crippen LogP contribution >= 0.6 is 0 Å². The van der Waals surface area contributed by atoms with Gasteiger partial charge in [0.15, 0.2) is 0 Å². The van der Waals surface area contributed by atoms with Gasteiger partial charge in [-0.25, -0.2) is 9.59 Å². The number of hydrogen-bond acceptors (Lipinski definition) is 5. The van der Waals surface area contributed by atoms with Crippen molar-refractivity contribution in [1.82, 2.24) is 15.1 Å². The van der Waals surface area contributed by atoms with Gasteiger partial charge in [-0.1, -0.05) is 48.5 Å². The second-order valence-corrected chi connectivity index (χ2v) is 9.25. The van der Waals surface area contributed by atoms with Crippen LogP contribution in [0.5, 0.6) is 0 Å². The molecule has 2 heterocycles. The third-order valence-electron chi connectivity index (χ3n) is 7.24. The Morgan fingerprint density at radius 2 is 1.53 bits per heavy atom. The maximum Gasteiger partial charge on any atom is 0.407 e. The van der Waals surface area contributed by atoms with Gasteiger partial charge in [0.05, 0.1) is 6.54 Å². The lowest BCUT2D eigenvalue weighted by Gasteiger charge is -2.40. The van der Waals surface area contributed by atoms with Gasteiger partial charge in [0.1, 0.15) is 12.6 Å². The molecule has 0 bridgehead atoms. The van der Waals surface area contributed by atoms with Crippen molar-refractivity contribution < 1.29 is 24.2 Å². The number of benzene rings is 2. The van der Waals surface area contributed by atoms with Crippen molar-refractivity contribution in [2.45, 2.75) is 37.3 Å². The van der Waals surface area contributed by atoms with Crippen LogP contribution in [0.1, 0.15) is 36.3 Å². The zero-order valence-electron chi connectivity index (χ0n) is 19.0. The predicted molar refractivity (Wildman–Crippen MR) is 125 cm³/mol. The van der Waals surface area contributed by atoms with E-state index in [1.54, 1.807) is 0 Å². The lowest BCUT2D eigenvalue weighted by Crippen LogP contribution is -2.58. The van der Waals surface area contributed by atoms with E-state index in [9.17, 15) is 14.4 Å². The summed E-state index contributed by atoms with van der Waals surface area (Å²) in [4.78, 5) is 39.5. The third-order valence-corrected chi connectivity index (χ3v) is 7.24. The summed E-state index contributed by atoms with van der Waals surface area (Å²) in [6.07, 6.45) is 1.55. The molecule has 2 N–H and O–H groups in total. The Bertz CT molecular complexity index is 1050. The van der Waals surface area contributed by atoms with Crippen molar-refractivity contribution in [1.29, 1.82) is 0 Å². The Hall–Kier alpha value is -3.39. The number of hydrogen-bond donors (Lipinski definition) is 2. The number of carbonyl (C=O) groups is 3. The highest BCUT2D eigenvalue weighted by atomic mass is 16.5. The highest BCUT2D eigenvalue weighted by molar-refractivity contribution is 5.86. The molecule has 2 saturated heterocycles. The number of likely N-dealkylation sites (tertiary alicyclic amines) is 2. The Labute approximate surface area is 198 Å². The van der Waals surface area contributed by atoms with Crippen molar-refractivity contribution in [3.05, 3.63) is 59.7 Å². The molecule has 178 valence electrons. The molecule has 1 unspecified atom stereocenters. The maximum atomic E-state index is 12.5. The van der Waals surface area contributed by atoms with Crippen molar-refractivity contribution >= 4 is 18.0 Å². The van der Waals surface area contributed by atoms with Crippen molar-refractivity contribution in [3.63, 3.8) is 0 Å². The molecule has 5 rings (SSSR count). The minimum absolute atomic E-state index is 0.00206. The smallest absolute Gasteiger partial charge is 0.407 e. The van der Waals surface area contributed by atoms with E-state index >= 15 is 0 Å². The monoisotopic (exact) mass is 463 g/mol. The van der Waals surface area contributed by atoms with Gasteiger partial charge in [-0.2, -0.15) is 0 Å². The molecule has 8 heteroatoms. The first-order valence-corrected chi connectivity index (χ1v) is 11.9. The summed E-state index contributed by atoms with van der Waals surface area (Å²) in [5, 5.41) is 12.1. The Balaban J connectivity index is 1.08. The summed E-state index contributed by atoms with van der Waals surface area (Å²) in [6, 6.07) is 15.8. The highest BCUT2D eigenvalue weighted by Crippen LogP contribution is 2.44. The van der Waals surface area contributed by atoms with Crippen molar-refractivity contribution in [2.75, 3.05) is 32.8 Å². The van der Waals surface area contributed by atoms with E-state index in [-0.39, 0.29) is 31.0 Å². The molecule has 2 amide bonds. The standard InChI is InChI=1S/C26H29N3O5/c30-24(29-14-11-23(29)25(31)32)15-28-12-9-17(10-13-28)27-26(33)34-16-22-20-7-3-1-5-18(20)19-6-2-4-8-21(19)22/h1-8,17,22-23H,9-16H2,(H,27,33)(H,31,32). The molecule has 2 aromatic carbocycles. The van der Waals surface area contributed by atoms with Gasteiger partial charge >= 0.3 is 12.1 Å². The van der Waals surface area contributed by atoms with E-state index in [0.717, 1.165) is 12.8 Å². The van der Waals surface area contributed by atoms with Crippen molar-refractivity contribution in [3.8, 4) is 11.1 Å². The van der Waals surface area contributed by atoms with Gasteiger partial charge in [-0.3, -0.25) is 9.69 Å². The molecule has 34 heavy (non-hydrogen) atoms. The molecule has 2 aromatic rings. The van der Waals surface area contributed by atoms with Crippen LogP contribution < -0.4 is 5.32 Å². The molecule has 3 aliphatic rings. The molecule has 0 aromatic heterocycles. The number of piperidine rings is 1. The van der Waals surface area contributed by atoms with Crippen LogP contribution in [-0.4, -0.2) is 77.7 Å². The summed E-state index contributed by atoms with van der Waals surface area (Å²) >= 11 is 0. The second kappa shape index (κ2) is 9.46. The summed E-state index contributed by atoms with van der Waals surface area (Å²) in [7, 11) is 0. The fourth-order valence-corrected chi connectivity index (χ4v) is 5.27. The van der Waals surface area contributed by atoms with Crippen LogP contribution in [0.2, 0.25) is 0 Å². The third kappa shape index (κ3) is 4.37. The van der Waals surface area contributed by atoms with Gasteiger partial charge < -0.3 is 20.1 Å². The number of nitrogens with one attached hydrogen (secondary N) is 1. The van der Waals surface area contributed by atoms with E-state index < -0.39 is 18.1 Å². The number of carboxylic acids is 1. The molecule has 8 nitrogen and oxygen atoms in total. The van der Waals surface area contributed by atoms with E-state index in [0.29, 0.717) is 26.1 Å². The first kappa shape index (κ1) is 22.4. The van der Waals surface area contributed by atoms with E-state index in [1.807, 2.05) is 29.2 Å². The number of amides is 2. The number of rotatable bonds is 6. The summed E-state index contributed by atoms with van der Waals surface area (Å²) in [6.45, 7) is 2.36. The molecule has 0 spiro atoms. The van der Waals surface area contributed by atoms with E-state index in [4.69, 9.17) is 9.84 Å². The van der Waals surface area contributed by atoms with Gasteiger partial charge in [0.25, 0.3) is 0 Å². The molecule has 1 aliphatic carbocycles. The van der Waals surface area contributed by atoms with Gasteiger partial charge in [-0.15, -0.1) is 0 Å². The summed E-state index contributed by atoms with van der Waals surface area (Å²) in [5.74, 6) is -1.05. The number of ether oxygens (including phenoxy) is 1. The number of carboxylic acid groups (broad SMARTS) is 1. The first-order valence-electron chi connectivity index (χ1n) is 11.9. The van der Waals surface area contributed by atoms with Gasteiger partial charge in [-0.05, 0) is 41.5 Å². The van der Waals surface area contributed by atoms with Crippen LogP contribution in [-0.2, 0) is 14.3 Å². The Morgan fingerprint density at radius 3 is 2.09 bits per heavy atom. The molecule has 2 fully saturated rings. The zero-order chi connectivity index (χ0) is 23.7. The molecule has 2 aliphatic heterocycles. The van der Waals surface area contributed by atoms with Crippen LogP contribution in [0.15, 0.2) is 48.5 Å². The Kier molecular flexibility index (Phi) is 6.24. The van der Waals surface area contributed by atoms with E-state index in [2.05, 4.69) is 29.6 Å². The van der Waals surface area contributed by atoms with Crippen LogP contribution in [0.4, 0.5) is 4.79 Å². The zero-order valence-corrected chi connectivity index (χ0v) is 19.0. The number of alkyl carbamates (subject to hydrolysis) is 1. The fourth-order valence-electron chi connectivity index (χ4n) is 5.27. The predicted octanol–water partition coefficient (Wildman–Crippen LogP) is 2.68. The Morgan fingerprint density at radius 1 is 0.912 bits per heavy atom. The first-order chi connectivity index (χ1) is 16.5. The minimum Gasteiger partial charge on any atom is -0.480 e. The van der Waals surface area contributed by atoms with Gasteiger partial charge in [0.2, 0.25) is 5.91 Å². The molecule has 1 atom stereocenters. The average molecular weight is 464 g/mol. The topological polar surface area (TPSA) is 99.2 Å². The average Bonchev–Trinajstić information content (AvgIpc) is 3.12. The molecule has 0 radical (unpaired) electrons.